The molecule has 0 radical (unpaired) electrons. The van der Waals surface area contributed by atoms with Crippen LogP contribution in [0, 0.1) is 0 Å². The van der Waals surface area contributed by atoms with Gasteiger partial charge >= 0.3 is 0 Å². The van der Waals surface area contributed by atoms with Crippen LogP contribution in [0.1, 0.15) is 29.8 Å². The average molecular weight is 208 g/mol. The first-order valence-electron chi connectivity index (χ1n) is 5.46. The molecule has 0 atom stereocenters. The predicted octanol–water partition coefficient (Wildman–Crippen LogP) is 0.576. The molecule has 0 aliphatic carbocycles. The highest BCUT2D eigenvalue weighted by molar-refractivity contribution is 5.70. The second kappa shape index (κ2) is 5.02. The van der Waals surface area contributed by atoms with Gasteiger partial charge in [0.1, 0.15) is 5.69 Å². The van der Waals surface area contributed by atoms with Gasteiger partial charge in [-0.2, -0.15) is 0 Å². The summed E-state index contributed by atoms with van der Waals surface area (Å²) in [6, 6.07) is 0. The van der Waals surface area contributed by atoms with Crippen molar-refractivity contribution in [2.24, 2.45) is 0 Å². The first-order chi connectivity index (χ1) is 7.38. The Morgan fingerprint density at radius 1 is 1.33 bits per heavy atom. The maximum absolute atomic E-state index is 10.4. The van der Waals surface area contributed by atoms with Crippen molar-refractivity contribution in [3.63, 3.8) is 0 Å². The second-order valence-corrected chi connectivity index (χ2v) is 3.93. The van der Waals surface area contributed by atoms with Gasteiger partial charge in [-0.15, -0.1) is 5.10 Å². The van der Waals surface area contributed by atoms with Crippen LogP contribution in [0.25, 0.3) is 0 Å². The van der Waals surface area contributed by atoms with E-state index in [1.54, 1.807) is 10.9 Å². The van der Waals surface area contributed by atoms with Crippen LogP contribution in [0.5, 0.6) is 0 Å². The molecule has 1 aliphatic rings. The maximum atomic E-state index is 10.4. The van der Waals surface area contributed by atoms with Crippen LogP contribution in [0.4, 0.5) is 0 Å². The summed E-state index contributed by atoms with van der Waals surface area (Å²) in [6.07, 6.45) is 6.15. The van der Waals surface area contributed by atoms with Crippen LogP contribution in [-0.4, -0.2) is 45.8 Å². The highest BCUT2D eigenvalue weighted by Gasteiger charge is 2.10. The van der Waals surface area contributed by atoms with E-state index in [0.717, 1.165) is 25.8 Å². The molecule has 2 rings (SSSR count). The minimum Gasteiger partial charge on any atom is -0.303 e. The molecule has 0 unspecified atom stereocenters. The molecule has 1 fully saturated rings. The van der Waals surface area contributed by atoms with Crippen LogP contribution >= 0.6 is 0 Å². The van der Waals surface area contributed by atoms with Gasteiger partial charge < -0.3 is 4.90 Å². The maximum Gasteiger partial charge on any atom is 0.171 e. The number of aldehydes is 1. The number of aromatic nitrogens is 3. The SMILES string of the molecule is O=Cc1cn(CCCN2CCCC2)nn1. The van der Waals surface area contributed by atoms with E-state index in [2.05, 4.69) is 15.2 Å². The zero-order valence-electron chi connectivity index (χ0n) is 8.80. The molecule has 0 N–H and O–H groups in total. The average Bonchev–Trinajstić information content (AvgIpc) is 2.88. The summed E-state index contributed by atoms with van der Waals surface area (Å²) in [6.45, 7) is 4.43. The molecule has 1 aromatic rings. The molecule has 0 aromatic carbocycles. The number of likely N-dealkylation sites (tertiary alicyclic amines) is 1. The monoisotopic (exact) mass is 208 g/mol. The van der Waals surface area contributed by atoms with Gasteiger partial charge in [-0.1, -0.05) is 5.21 Å². The fourth-order valence-electron chi connectivity index (χ4n) is 1.94. The Labute approximate surface area is 89.1 Å². The number of hydrogen-bond acceptors (Lipinski definition) is 4. The van der Waals surface area contributed by atoms with Crippen molar-refractivity contribution < 1.29 is 4.79 Å². The highest BCUT2D eigenvalue weighted by Crippen LogP contribution is 2.07. The summed E-state index contributed by atoms with van der Waals surface area (Å²) in [5.41, 5.74) is 0.413. The third-order valence-corrected chi connectivity index (χ3v) is 2.74. The molecule has 2 heterocycles. The summed E-state index contributed by atoms with van der Waals surface area (Å²) in [7, 11) is 0. The third kappa shape index (κ3) is 2.86. The van der Waals surface area contributed by atoms with Crippen molar-refractivity contribution in [2.75, 3.05) is 19.6 Å². The highest BCUT2D eigenvalue weighted by atomic mass is 16.1. The van der Waals surface area contributed by atoms with E-state index in [4.69, 9.17) is 0 Å². The lowest BCUT2D eigenvalue weighted by atomic mass is 10.4. The molecule has 82 valence electrons. The number of aryl methyl sites for hydroxylation is 1. The zero-order chi connectivity index (χ0) is 10.5. The number of rotatable bonds is 5. The predicted molar refractivity (Wildman–Crippen MR) is 55.7 cm³/mol. The van der Waals surface area contributed by atoms with Crippen molar-refractivity contribution >= 4 is 6.29 Å². The lowest BCUT2D eigenvalue weighted by Gasteiger charge is -2.13. The molecule has 1 aliphatic heterocycles. The minimum absolute atomic E-state index is 0.413. The largest absolute Gasteiger partial charge is 0.303 e. The van der Waals surface area contributed by atoms with Crippen LogP contribution in [0.2, 0.25) is 0 Å². The van der Waals surface area contributed by atoms with Crippen molar-refractivity contribution in [2.45, 2.75) is 25.8 Å². The standard InChI is InChI=1S/C10H16N4O/c15-9-10-8-14(12-11-10)7-3-6-13-4-1-2-5-13/h8-9H,1-7H2. The Balaban J connectivity index is 1.70. The Morgan fingerprint density at radius 3 is 2.80 bits per heavy atom. The van der Waals surface area contributed by atoms with Gasteiger partial charge in [-0.05, 0) is 38.9 Å². The quantitative estimate of drug-likeness (QED) is 0.664. The summed E-state index contributed by atoms with van der Waals surface area (Å²) in [5.74, 6) is 0. The topological polar surface area (TPSA) is 51.0 Å². The minimum atomic E-state index is 0.413. The molecule has 1 aromatic heterocycles. The number of hydrogen-bond donors (Lipinski definition) is 0. The van der Waals surface area contributed by atoms with Crippen LogP contribution < -0.4 is 0 Å². The van der Waals surface area contributed by atoms with Gasteiger partial charge in [0.15, 0.2) is 6.29 Å². The summed E-state index contributed by atoms with van der Waals surface area (Å²) >= 11 is 0. The Morgan fingerprint density at radius 2 is 2.13 bits per heavy atom. The van der Waals surface area contributed by atoms with Gasteiger partial charge in [-0.3, -0.25) is 9.48 Å². The Kier molecular flexibility index (Phi) is 3.45. The van der Waals surface area contributed by atoms with E-state index in [1.807, 2.05) is 0 Å². The van der Waals surface area contributed by atoms with Gasteiger partial charge in [0.2, 0.25) is 0 Å². The smallest absolute Gasteiger partial charge is 0.171 e. The van der Waals surface area contributed by atoms with Crippen LogP contribution in [0.3, 0.4) is 0 Å². The first kappa shape index (κ1) is 10.3. The molecular weight excluding hydrogens is 192 g/mol. The first-order valence-corrected chi connectivity index (χ1v) is 5.46. The van der Waals surface area contributed by atoms with E-state index >= 15 is 0 Å². The molecule has 15 heavy (non-hydrogen) atoms. The number of carbonyl (C=O) groups excluding carboxylic acids is 1. The Hall–Kier alpha value is -1.23. The number of carbonyl (C=O) groups is 1. The fourth-order valence-corrected chi connectivity index (χ4v) is 1.94. The molecule has 0 spiro atoms. The van der Waals surface area contributed by atoms with E-state index in [1.165, 1.54) is 25.9 Å². The lowest BCUT2D eigenvalue weighted by Crippen LogP contribution is -2.21. The van der Waals surface area contributed by atoms with Gasteiger partial charge in [0, 0.05) is 6.54 Å². The van der Waals surface area contributed by atoms with Gasteiger partial charge in [0.05, 0.1) is 6.20 Å². The zero-order valence-corrected chi connectivity index (χ0v) is 8.80. The molecule has 0 amide bonds. The van der Waals surface area contributed by atoms with Crippen LogP contribution in [0.15, 0.2) is 6.20 Å². The summed E-state index contributed by atoms with van der Waals surface area (Å²) < 4.78 is 1.74. The van der Waals surface area contributed by atoms with Gasteiger partial charge in [0.25, 0.3) is 0 Å². The summed E-state index contributed by atoms with van der Waals surface area (Å²) in [5, 5.41) is 7.58. The van der Waals surface area contributed by atoms with E-state index in [9.17, 15) is 4.79 Å². The van der Waals surface area contributed by atoms with Crippen LogP contribution in [-0.2, 0) is 6.54 Å². The molecule has 5 nitrogen and oxygen atoms in total. The molecule has 5 heteroatoms. The molecular formula is C10H16N4O. The van der Waals surface area contributed by atoms with E-state index in [0.29, 0.717) is 5.69 Å². The van der Waals surface area contributed by atoms with E-state index < -0.39 is 0 Å². The van der Waals surface area contributed by atoms with Gasteiger partial charge in [-0.25, -0.2) is 0 Å². The molecule has 0 saturated carbocycles. The molecule has 0 bridgehead atoms. The molecule has 1 saturated heterocycles. The second-order valence-electron chi connectivity index (χ2n) is 3.93. The van der Waals surface area contributed by atoms with E-state index in [-0.39, 0.29) is 0 Å². The Bertz CT molecular complexity index is 317. The van der Waals surface area contributed by atoms with Crippen molar-refractivity contribution in [1.82, 2.24) is 19.9 Å². The van der Waals surface area contributed by atoms with Crippen molar-refractivity contribution in [3.8, 4) is 0 Å². The van der Waals surface area contributed by atoms with Crippen molar-refractivity contribution in [1.29, 1.82) is 0 Å². The fraction of sp³-hybridized carbons (Fsp3) is 0.700. The van der Waals surface area contributed by atoms with Crippen molar-refractivity contribution in [3.05, 3.63) is 11.9 Å². The third-order valence-electron chi connectivity index (χ3n) is 2.74. The lowest BCUT2D eigenvalue weighted by molar-refractivity contribution is 0.111. The normalized spacial score (nSPS) is 17.1. The number of nitrogens with zero attached hydrogens (tertiary/aromatic N) is 4. The summed E-state index contributed by atoms with van der Waals surface area (Å²) in [4.78, 5) is 12.8.